The number of nitrogens with zero attached hydrogens (tertiary/aromatic N) is 2. The van der Waals surface area contributed by atoms with Gasteiger partial charge in [0.25, 0.3) is 0 Å². The second-order valence-corrected chi connectivity index (χ2v) is 7.60. The highest BCUT2D eigenvalue weighted by Gasteiger charge is 2.21. The molecular weight excluding hydrogens is 439 g/mol. The molecule has 2 rings (SSSR count). The third kappa shape index (κ3) is 6.74. The molecular formula is C21H31IN2S. The molecule has 25 heavy (non-hydrogen) atoms. The lowest BCUT2D eigenvalue weighted by Crippen LogP contribution is -3.00. The van der Waals surface area contributed by atoms with Gasteiger partial charge in [-0.1, -0.05) is 67.9 Å². The minimum atomic E-state index is 0. The van der Waals surface area contributed by atoms with Crippen molar-refractivity contribution in [2.75, 3.05) is 14.1 Å². The molecule has 0 radical (unpaired) electrons. The van der Waals surface area contributed by atoms with E-state index in [4.69, 9.17) is 0 Å². The number of rotatable bonds is 9. The standard InChI is InChI=1S/C21H31N2S.HI/c1-5-6-7-8-12-15-23-18(2)24-17-21(23)20(22(3)4)16-19-13-10-9-11-14-19;/h9-11,13-14,16-17H,5-8,12,15H2,1-4H3;1H/q+1;/p-1. The molecule has 2 aromatic rings. The van der Waals surface area contributed by atoms with Crippen LogP contribution < -0.4 is 28.5 Å². The molecule has 0 aliphatic heterocycles. The van der Waals surface area contributed by atoms with Crippen LogP contribution in [0.4, 0.5) is 0 Å². The number of benzene rings is 1. The van der Waals surface area contributed by atoms with Crippen molar-refractivity contribution in [1.29, 1.82) is 0 Å². The van der Waals surface area contributed by atoms with Crippen molar-refractivity contribution in [3.8, 4) is 0 Å². The lowest BCUT2D eigenvalue weighted by Gasteiger charge is -2.15. The van der Waals surface area contributed by atoms with Gasteiger partial charge in [0.1, 0.15) is 12.2 Å². The number of halogens is 1. The van der Waals surface area contributed by atoms with Crippen LogP contribution in [0.25, 0.3) is 11.8 Å². The highest BCUT2D eigenvalue weighted by atomic mass is 127. The average molecular weight is 470 g/mol. The van der Waals surface area contributed by atoms with Crippen molar-refractivity contribution in [2.24, 2.45) is 0 Å². The summed E-state index contributed by atoms with van der Waals surface area (Å²) in [4.78, 5) is 2.22. The Morgan fingerprint density at radius 2 is 1.76 bits per heavy atom. The smallest absolute Gasteiger partial charge is 0.239 e. The molecule has 0 fully saturated rings. The third-order valence-electron chi connectivity index (χ3n) is 4.34. The van der Waals surface area contributed by atoms with Crippen LogP contribution in [0.1, 0.15) is 55.3 Å². The molecule has 0 spiro atoms. The summed E-state index contributed by atoms with van der Waals surface area (Å²) >= 11 is 1.85. The van der Waals surface area contributed by atoms with Gasteiger partial charge in [-0.3, -0.25) is 0 Å². The van der Waals surface area contributed by atoms with Crippen molar-refractivity contribution >= 4 is 23.1 Å². The topological polar surface area (TPSA) is 7.12 Å². The van der Waals surface area contributed by atoms with Crippen molar-refractivity contribution in [3.63, 3.8) is 0 Å². The van der Waals surface area contributed by atoms with Crippen molar-refractivity contribution in [2.45, 2.75) is 52.5 Å². The van der Waals surface area contributed by atoms with Gasteiger partial charge in [0.05, 0.1) is 5.38 Å². The molecule has 0 saturated carbocycles. The molecule has 1 aromatic carbocycles. The Balaban J connectivity index is 0.00000312. The maximum Gasteiger partial charge on any atom is 0.239 e. The van der Waals surface area contributed by atoms with E-state index in [9.17, 15) is 0 Å². The average Bonchev–Trinajstić information content (AvgIpc) is 2.94. The molecule has 0 aliphatic carbocycles. The minimum absolute atomic E-state index is 0. The normalized spacial score (nSPS) is 11.3. The first-order valence-corrected chi connectivity index (χ1v) is 9.93. The molecule has 1 heterocycles. The summed E-state index contributed by atoms with van der Waals surface area (Å²) in [7, 11) is 4.26. The van der Waals surface area contributed by atoms with E-state index in [1.807, 2.05) is 11.3 Å². The predicted octanol–water partition coefficient (Wildman–Crippen LogP) is 2.38. The first kappa shape index (κ1) is 22.2. The lowest BCUT2D eigenvalue weighted by atomic mass is 10.1. The van der Waals surface area contributed by atoms with Crippen LogP contribution in [0.15, 0.2) is 35.7 Å². The van der Waals surface area contributed by atoms with Gasteiger partial charge >= 0.3 is 0 Å². The van der Waals surface area contributed by atoms with Crippen molar-refractivity contribution < 1.29 is 28.5 Å². The van der Waals surface area contributed by atoms with Gasteiger partial charge in [0.15, 0.2) is 0 Å². The van der Waals surface area contributed by atoms with E-state index in [1.54, 1.807) is 0 Å². The first-order chi connectivity index (χ1) is 11.6. The van der Waals surface area contributed by atoms with E-state index >= 15 is 0 Å². The van der Waals surface area contributed by atoms with E-state index in [0.29, 0.717) is 0 Å². The molecule has 0 bridgehead atoms. The van der Waals surface area contributed by atoms with Gasteiger partial charge < -0.3 is 28.9 Å². The lowest BCUT2D eigenvalue weighted by molar-refractivity contribution is -0.700. The zero-order valence-electron chi connectivity index (χ0n) is 16.0. The first-order valence-electron chi connectivity index (χ1n) is 9.06. The fourth-order valence-electron chi connectivity index (χ4n) is 2.93. The van der Waals surface area contributed by atoms with E-state index in [2.05, 4.69) is 79.2 Å². The highest BCUT2D eigenvalue weighted by Crippen LogP contribution is 2.21. The maximum atomic E-state index is 2.49. The summed E-state index contributed by atoms with van der Waals surface area (Å²) in [6, 6.07) is 10.6. The number of hydrogen-bond acceptors (Lipinski definition) is 2. The summed E-state index contributed by atoms with van der Waals surface area (Å²) in [5.41, 5.74) is 3.86. The Morgan fingerprint density at radius 3 is 2.40 bits per heavy atom. The number of unbranched alkanes of at least 4 members (excludes halogenated alkanes) is 4. The fourth-order valence-corrected chi connectivity index (χ4v) is 3.77. The SMILES string of the molecule is CCCCCCC[n+]1c(C(=Cc2ccccc2)N(C)C)csc1C.[I-]. The van der Waals surface area contributed by atoms with Crippen LogP contribution in [0.2, 0.25) is 0 Å². The Hall–Kier alpha value is -0.880. The van der Waals surface area contributed by atoms with Crippen LogP contribution in [-0.2, 0) is 6.54 Å². The number of thiazole rings is 1. The molecule has 0 aliphatic rings. The maximum absolute atomic E-state index is 2.49. The fraction of sp³-hybridized carbons (Fsp3) is 0.476. The molecule has 0 atom stereocenters. The molecule has 4 heteroatoms. The largest absolute Gasteiger partial charge is 1.00 e. The van der Waals surface area contributed by atoms with Gasteiger partial charge in [0.2, 0.25) is 10.7 Å². The van der Waals surface area contributed by atoms with Crippen LogP contribution in [0, 0.1) is 6.92 Å². The number of aromatic nitrogens is 1. The molecule has 0 saturated heterocycles. The Bertz CT molecular complexity index is 647. The predicted molar refractivity (Wildman–Crippen MR) is 106 cm³/mol. The van der Waals surface area contributed by atoms with Gasteiger partial charge in [-0.15, -0.1) is 0 Å². The summed E-state index contributed by atoms with van der Waals surface area (Å²) in [6.07, 6.45) is 8.90. The zero-order valence-corrected chi connectivity index (χ0v) is 18.9. The Labute approximate surface area is 174 Å². The molecule has 0 N–H and O–H groups in total. The number of aryl methyl sites for hydroxylation is 1. The van der Waals surface area contributed by atoms with Crippen molar-refractivity contribution in [1.82, 2.24) is 4.90 Å². The molecule has 0 unspecified atom stereocenters. The van der Waals surface area contributed by atoms with Gasteiger partial charge in [0, 0.05) is 27.4 Å². The second kappa shape index (κ2) is 11.7. The molecule has 0 amide bonds. The summed E-state index contributed by atoms with van der Waals surface area (Å²) in [6.45, 7) is 5.62. The monoisotopic (exact) mass is 470 g/mol. The summed E-state index contributed by atoms with van der Waals surface area (Å²) in [5.74, 6) is 0. The number of hydrogen-bond donors (Lipinski definition) is 0. The second-order valence-electron chi connectivity index (χ2n) is 6.54. The molecule has 138 valence electrons. The van der Waals surface area contributed by atoms with Gasteiger partial charge in [-0.2, -0.15) is 4.57 Å². The van der Waals surface area contributed by atoms with Gasteiger partial charge in [-0.25, -0.2) is 0 Å². The van der Waals surface area contributed by atoms with E-state index in [-0.39, 0.29) is 24.0 Å². The summed E-state index contributed by atoms with van der Waals surface area (Å²) in [5, 5.41) is 3.69. The van der Waals surface area contributed by atoms with Gasteiger partial charge in [-0.05, 0) is 18.1 Å². The highest BCUT2D eigenvalue weighted by molar-refractivity contribution is 7.09. The van der Waals surface area contributed by atoms with E-state index < -0.39 is 0 Å². The quantitative estimate of drug-likeness (QED) is 0.310. The Morgan fingerprint density at radius 1 is 1.08 bits per heavy atom. The minimum Gasteiger partial charge on any atom is -1.00 e. The molecule has 2 nitrogen and oxygen atoms in total. The van der Waals surface area contributed by atoms with E-state index in [0.717, 1.165) is 6.54 Å². The van der Waals surface area contributed by atoms with Crippen LogP contribution in [0.5, 0.6) is 0 Å². The summed E-state index contributed by atoms with van der Waals surface area (Å²) < 4.78 is 2.49. The van der Waals surface area contributed by atoms with Crippen molar-refractivity contribution in [3.05, 3.63) is 52.0 Å². The van der Waals surface area contributed by atoms with Crippen LogP contribution >= 0.6 is 11.3 Å². The van der Waals surface area contributed by atoms with E-state index in [1.165, 1.54) is 54.1 Å². The van der Waals surface area contributed by atoms with Crippen LogP contribution in [-0.4, -0.2) is 19.0 Å². The Kier molecular flexibility index (Phi) is 10.4. The molecule has 1 aromatic heterocycles. The zero-order chi connectivity index (χ0) is 17.4. The third-order valence-corrected chi connectivity index (χ3v) is 5.25. The van der Waals surface area contributed by atoms with Crippen LogP contribution in [0.3, 0.4) is 0 Å².